The highest BCUT2D eigenvalue weighted by molar-refractivity contribution is 6.15. The largest absolute Gasteiger partial charge is 0.311 e. The first-order valence-electron chi connectivity index (χ1n) is 14.6. The topological polar surface area (TPSA) is 35.6 Å². The Morgan fingerprint density at radius 2 is 1.23 bits per heavy atom. The number of allylic oxidation sites excluding steroid dienone is 8. The van der Waals surface area contributed by atoms with Gasteiger partial charge in [0.05, 0.1) is 27.6 Å². The minimum absolute atomic E-state index is 0.188. The molecule has 7 rings (SSSR count). The number of pyridine rings is 2. The molecule has 0 aliphatic heterocycles. The number of aromatic nitrogens is 4. The van der Waals surface area contributed by atoms with Crippen molar-refractivity contribution in [1.82, 2.24) is 19.1 Å². The lowest BCUT2D eigenvalue weighted by Crippen LogP contribution is -2.12. The lowest BCUT2D eigenvalue weighted by atomic mass is 9.81. The summed E-state index contributed by atoms with van der Waals surface area (Å²) in [4.78, 5) is 10.3. The predicted octanol–water partition coefficient (Wildman–Crippen LogP) is 9.91. The average Bonchev–Trinajstić information content (AvgIpc) is 3.43. The molecule has 0 saturated heterocycles. The van der Waals surface area contributed by atoms with Gasteiger partial charge in [-0.1, -0.05) is 83.0 Å². The summed E-state index contributed by atoms with van der Waals surface area (Å²) in [6.07, 6.45) is 15.4. The van der Waals surface area contributed by atoms with Gasteiger partial charge in [-0.3, -0.25) is 9.55 Å². The Hall–Kier alpha value is -3.92. The molecular weight excluding hydrogens is 488 g/mol. The molecule has 0 saturated carbocycles. The lowest BCUT2D eigenvalue weighted by Gasteiger charge is -2.26. The van der Waals surface area contributed by atoms with Crippen molar-refractivity contribution in [3.05, 3.63) is 84.1 Å². The Labute approximate surface area is 236 Å². The van der Waals surface area contributed by atoms with E-state index in [0.29, 0.717) is 0 Å². The van der Waals surface area contributed by atoms with Crippen molar-refractivity contribution in [3.63, 3.8) is 0 Å². The van der Waals surface area contributed by atoms with Crippen LogP contribution in [0.5, 0.6) is 0 Å². The van der Waals surface area contributed by atoms with Crippen molar-refractivity contribution in [2.75, 3.05) is 0 Å². The lowest BCUT2D eigenvalue weighted by molar-refractivity contribution is 0.481. The zero-order valence-electron chi connectivity index (χ0n) is 24.5. The molecule has 0 radical (unpaired) electrons. The summed E-state index contributed by atoms with van der Waals surface area (Å²) < 4.78 is 4.80. The highest BCUT2D eigenvalue weighted by atomic mass is 15.1. The zero-order chi connectivity index (χ0) is 27.8. The van der Waals surface area contributed by atoms with E-state index in [2.05, 4.69) is 111 Å². The van der Waals surface area contributed by atoms with Crippen LogP contribution in [0.15, 0.2) is 84.1 Å². The van der Waals surface area contributed by atoms with Gasteiger partial charge in [0.15, 0.2) is 0 Å². The summed E-state index contributed by atoms with van der Waals surface area (Å²) in [5, 5.41) is 2.31. The highest BCUT2D eigenvalue weighted by Gasteiger charge is 2.25. The van der Waals surface area contributed by atoms with Crippen LogP contribution in [0, 0.1) is 10.8 Å². The van der Waals surface area contributed by atoms with Gasteiger partial charge >= 0.3 is 0 Å². The number of rotatable bonds is 2. The van der Waals surface area contributed by atoms with Crippen LogP contribution in [0.1, 0.15) is 67.2 Å². The second kappa shape index (κ2) is 8.79. The first kappa shape index (κ1) is 25.1. The number of hydrogen-bond donors (Lipinski definition) is 0. The molecular formula is C36H38N4. The Kier molecular flexibility index (Phi) is 5.51. The Balaban J connectivity index is 1.51. The van der Waals surface area contributed by atoms with Gasteiger partial charge in [-0.25, -0.2) is 4.98 Å². The summed E-state index contributed by atoms with van der Waals surface area (Å²) in [7, 11) is 0. The third-order valence-corrected chi connectivity index (χ3v) is 8.87. The van der Waals surface area contributed by atoms with E-state index in [1.54, 1.807) is 0 Å². The van der Waals surface area contributed by atoms with Crippen LogP contribution in [0.25, 0.3) is 55.4 Å². The quantitative estimate of drug-likeness (QED) is 0.229. The standard InChI is InChI=1S/C36H38N4/c1-35(2,3)23-13-17-25(18-14-23)39-29-11-8-7-10-27(29)33-31(39)22-28-32-30(12-9-21-37-32)40(34(28)38-33)26-19-15-24(16-20-26)36(4,5)6/h7-13,15,17,19,21-22H,14,16,18,20H2,1-6H3. The van der Waals surface area contributed by atoms with Crippen molar-refractivity contribution in [2.45, 2.75) is 67.2 Å². The van der Waals surface area contributed by atoms with Crippen LogP contribution in [0.3, 0.4) is 0 Å². The molecule has 2 aliphatic carbocycles. The molecule has 2 aliphatic rings. The van der Waals surface area contributed by atoms with Gasteiger partial charge in [-0.05, 0) is 72.9 Å². The fourth-order valence-electron chi connectivity index (χ4n) is 6.58. The molecule has 0 unspecified atom stereocenters. The zero-order valence-corrected chi connectivity index (χ0v) is 24.5. The predicted molar refractivity (Wildman–Crippen MR) is 170 cm³/mol. The maximum absolute atomic E-state index is 5.45. The van der Waals surface area contributed by atoms with E-state index < -0.39 is 0 Å². The normalized spacial score (nSPS) is 16.9. The fraction of sp³-hybridized carbons (Fsp3) is 0.333. The van der Waals surface area contributed by atoms with E-state index in [1.807, 2.05) is 12.3 Å². The van der Waals surface area contributed by atoms with Crippen LogP contribution in [-0.2, 0) is 0 Å². The van der Waals surface area contributed by atoms with E-state index in [4.69, 9.17) is 9.97 Å². The second-order valence-electron chi connectivity index (χ2n) is 13.5. The molecule has 0 bridgehead atoms. The molecule has 4 nitrogen and oxygen atoms in total. The molecule has 0 atom stereocenters. The number of para-hydroxylation sites is 1. The molecule has 0 amide bonds. The van der Waals surface area contributed by atoms with Crippen molar-refractivity contribution in [1.29, 1.82) is 0 Å². The summed E-state index contributed by atoms with van der Waals surface area (Å²) in [5.41, 5.74) is 12.6. The molecule has 0 fully saturated rings. The van der Waals surface area contributed by atoms with Gasteiger partial charge in [0, 0.05) is 28.4 Å². The minimum Gasteiger partial charge on any atom is -0.311 e. The maximum atomic E-state index is 5.45. The van der Waals surface area contributed by atoms with Crippen LogP contribution < -0.4 is 0 Å². The molecule has 0 N–H and O–H groups in total. The van der Waals surface area contributed by atoms with E-state index in [-0.39, 0.29) is 10.8 Å². The number of fused-ring (bicyclic) bond motifs is 6. The maximum Gasteiger partial charge on any atom is 0.147 e. The van der Waals surface area contributed by atoms with Crippen molar-refractivity contribution < 1.29 is 0 Å². The van der Waals surface area contributed by atoms with E-state index in [1.165, 1.54) is 33.4 Å². The molecule has 0 spiro atoms. The molecule has 1 aromatic carbocycles. The monoisotopic (exact) mass is 526 g/mol. The van der Waals surface area contributed by atoms with Crippen LogP contribution in [0.2, 0.25) is 0 Å². The van der Waals surface area contributed by atoms with E-state index in [9.17, 15) is 0 Å². The van der Waals surface area contributed by atoms with Crippen LogP contribution in [-0.4, -0.2) is 19.1 Å². The number of nitrogens with zero attached hydrogens (tertiary/aromatic N) is 4. The number of hydrogen-bond acceptors (Lipinski definition) is 2. The third kappa shape index (κ3) is 3.88. The number of benzene rings is 1. The van der Waals surface area contributed by atoms with Crippen molar-refractivity contribution in [3.8, 4) is 0 Å². The Morgan fingerprint density at radius 3 is 1.85 bits per heavy atom. The highest BCUT2D eigenvalue weighted by Crippen LogP contribution is 2.41. The van der Waals surface area contributed by atoms with Gasteiger partial charge < -0.3 is 4.57 Å². The Bertz CT molecular complexity index is 1810. The summed E-state index contributed by atoms with van der Waals surface area (Å²) in [6.45, 7) is 13.8. The first-order valence-corrected chi connectivity index (χ1v) is 14.6. The van der Waals surface area contributed by atoms with Gasteiger partial charge in [0.1, 0.15) is 5.65 Å². The smallest absolute Gasteiger partial charge is 0.147 e. The van der Waals surface area contributed by atoms with E-state index >= 15 is 0 Å². The summed E-state index contributed by atoms with van der Waals surface area (Å²) >= 11 is 0. The minimum atomic E-state index is 0.188. The molecule has 4 heterocycles. The van der Waals surface area contributed by atoms with Gasteiger partial charge in [-0.2, -0.15) is 0 Å². The molecule has 40 heavy (non-hydrogen) atoms. The van der Waals surface area contributed by atoms with Crippen molar-refractivity contribution >= 4 is 55.4 Å². The molecule has 4 aromatic heterocycles. The SMILES string of the molecule is CC(C)(C)C1=CC=C(n2c3ccccc3c3nc4c(cc32)c2ncccc2n4C2=CC=C(C(C)(C)C)CC2)CC1. The first-order chi connectivity index (χ1) is 19.1. The van der Waals surface area contributed by atoms with Crippen LogP contribution in [0.4, 0.5) is 0 Å². The average molecular weight is 527 g/mol. The van der Waals surface area contributed by atoms with Gasteiger partial charge in [-0.15, -0.1) is 0 Å². The van der Waals surface area contributed by atoms with Crippen molar-refractivity contribution in [2.24, 2.45) is 10.8 Å². The summed E-state index contributed by atoms with van der Waals surface area (Å²) in [6, 6.07) is 15.3. The second-order valence-corrected chi connectivity index (χ2v) is 13.5. The molecule has 202 valence electrons. The van der Waals surface area contributed by atoms with Crippen LogP contribution >= 0.6 is 0 Å². The molecule has 4 heteroatoms. The van der Waals surface area contributed by atoms with E-state index in [0.717, 1.165) is 58.8 Å². The fourth-order valence-corrected chi connectivity index (χ4v) is 6.58. The summed E-state index contributed by atoms with van der Waals surface area (Å²) in [5.74, 6) is 0. The molecule has 5 aromatic rings. The van der Waals surface area contributed by atoms with Gasteiger partial charge in [0.25, 0.3) is 0 Å². The van der Waals surface area contributed by atoms with Gasteiger partial charge in [0.2, 0.25) is 0 Å². The third-order valence-electron chi connectivity index (χ3n) is 8.87. The Morgan fingerprint density at radius 1 is 0.600 bits per heavy atom.